The van der Waals surface area contributed by atoms with Gasteiger partial charge in [-0.15, -0.1) is 0 Å². The molecule has 0 unspecified atom stereocenters. The summed E-state index contributed by atoms with van der Waals surface area (Å²) in [6.45, 7) is -0.0132. The van der Waals surface area contributed by atoms with Gasteiger partial charge < -0.3 is 9.79 Å². The molecule has 3 N–H and O–H groups in total. The summed E-state index contributed by atoms with van der Waals surface area (Å²) in [5, 5.41) is 0. The lowest BCUT2D eigenvalue weighted by molar-refractivity contribution is 0.386. The maximum atomic E-state index is 11.1. The number of hydrogen-bond donors (Lipinski definition) is 3. The average Bonchev–Trinajstić information content (AvgIpc) is 2.07. The second-order valence-corrected chi connectivity index (χ2v) is 4.21. The van der Waals surface area contributed by atoms with Gasteiger partial charge in [-0.2, -0.15) is 0 Å². The van der Waals surface area contributed by atoms with E-state index in [0.29, 0.717) is 5.82 Å². The van der Waals surface area contributed by atoms with E-state index < -0.39 is 18.8 Å². The molecule has 1 heterocycles. The van der Waals surface area contributed by atoms with Crippen LogP contribution in [0.1, 0.15) is 0 Å². The standard InChI is InChI=1S/C7H9N2O5P/c10-6-2-4-9(7(11)8-6)3-1-5-15(12,13)14/h1-2,4-5H,3H2,(H,8,10,11)(H2,12,13,14)/b5-1+. The summed E-state index contributed by atoms with van der Waals surface area (Å²) in [5.41, 5.74) is -1.15. The number of aromatic nitrogens is 2. The number of aromatic amines is 1. The highest BCUT2D eigenvalue weighted by Gasteiger charge is 2.04. The lowest BCUT2D eigenvalue weighted by Gasteiger charge is -1.99. The number of nitrogens with zero attached hydrogens (tertiary/aromatic N) is 1. The van der Waals surface area contributed by atoms with E-state index >= 15 is 0 Å². The van der Waals surface area contributed by atoms with Gasteiger partial charge in [-0.1, -0.05) is 6.08 Å². The van der Waals surface area contributed by atoms with Crippen molar-refractivity contribution in [3.63, 3.8) is 0 Å². The summed E-state index contributed by atoms with van der Waals surface area (Å²) in [6, 6.07) is 1.15. The first kappa shape index (κ1) is 11.6. The number of hydrogen-bond acceptors (Lipinski definition) is 3. The van der Waals surface area contributed by atoms with E-state index in [2.05, 4.69) is 0 Å². The molecule has 82 valence electrons. The van der Waals surface area contributed by atoms with Gasteiger partial charge in [0, 0.05) is 24.6 Å². The quantitative estimate of drug-likeness (QED) is 0.592. The van der Waals surface area contributed by atoms with E-state index in [9.17, 15) is 14.2 Å². The van der Waals surface area contributed by atoms with E-state index in [4.69, 9.17) is 9.79 Å². The summed E-state index contributed by atoms with van der Waals surface area (Å²) in [6.07, 6.45) is 2.39. The van der Waals surface area contributed by atoms with Crippen LogP contribution in [0.2, 0.25) is 0 Å². The molecule has 0 bridgehead atoms. The zero-order valence-electron chi connectivity index (χ0n) is 7.53. The van der Waals surface area contributed by atoms with Crippen LogP contribution in [0.5, 0.6) is 0 Å². The summed E-state index contributed by atoms with van der Waals surface area (Å²) in [7, 11) is -4.20. The van der Waals surface area contributed by atoms with Crippen molar-refractivity contribution in [1.82, 2.24) is 9.55 Å². The highest BCUT2D eigenvalue weighted by Crippen LogP contribution is 2.35. The SMILES string of the molecule is O=c1ccn(C/C=C/P(=O)(O)O)c(=O)[nH]1. The van der Waals surface area contributed by atoms with Crippen LogP contribution in [0.25, 0.3) is 0 Å². The third kappa shape index (κ3) is 4.07. The van der Waals surface area contributed by atoms with Gasteiger partial charge in [0.05, 0.1) is 0 Å². The Bertz CT molecular complexity index is 523. The molecule has 0 aromatic carbocycles. The minimum Gasteiger partial charge on any atom is -0.321 e. The Morgan fingerprint density at radius 3 is 2.67 bits per heavy atom. The molecule has 0 aliphatic rings. The molecular formula is C7H9N2O5P. The highest BCUT2D eigenvalue weighted by atomic mass is 31.2. The van der Waals surface area contributed by atoms with Crippen LogP contribution in [-0.2, 0) is 11.1 Å². The van der Waals surface area contributed by atoms with Gasteiger partial charge in [0.15, 0.2) is 0 Å². The van der Waals surface area contributed by atoms with Crippen molar-refractivity contribution in [3.05, 3.63) is 45.0 Å². The first-order valence-corrected chi connectivity index (χ1v) is 5.59. The largest absolute Gasteiger partial charge is 0.348 e. The normalized spacial score (nSPS) is 12.1. The third-order valence-corrected chi connectivity index (χ3v) is 2.10. The van der Waals surface area contributed by atoms with Gasteiger partial charge in [0.1, 0.15) is 0 Å². The van der Waals surface area contributed by atoms with Crippen molar-refractivity contribution in [3.8, 4) is 0 Å². The van der Waals surface area contributed by atoms with E-state index in [0.717, 1.165) is 16.7 Å². The van der Waals surface area contributed by atoms with Crippen LogP contribution in [-0.4, -0.2) is 19.3 Å². The second-order valence-electron chi connectivity index (χ2n) is 2.74. The van der Waals surface area contributed by atoms with E-state index in [-0.39, 0.29) is 6.54 Å². The monoisotopic (exact) mass is 232 g/mol. The molecule has 0 fully saturated rings. The Hall–Kier alpha value is -1.43. The van der Waals surface area contributed by atoms with Crippen molar-refractivity contribution < 1.29 is 14.4 Å². The van der Waals surface area contributed by atoms with E-state index in [1.807, 2.05) is 4.98 Å². The zero-order chi connectivity index (χ0) is 11.5. The van der Waals surface area contributed by atoms with Gasteiger partial charge in [0.25, 0.3) is 5.56 Å². The lowest BCUT2D eigenvalue weighted by atomic mass is 10.5. The molecule has 7 nitrogen and oxygen atoms in total. The molecule has 0 amide bonds. The number of H-pyrrole nitrogens is 1. The minimum atomic E-state index is -4.20. The van der Waals surface area contributed by atoms with Crippen molar-refractivity contribution >= 4 is 7.60 Å². The predicted octanol–water partition coefficient (Wildman–Crippen LogP) is -0.772. The first-order valence-electron chi connectivity index (χ1n) is 3.91. The predicted molar refractivity (Wildman–Crippen MR) is 52.5 cm³/mol. The topological polar surface area (TPSA) is 112 Å². The zero-order valence-corrected chi connectivity index (χ0v) is 8.42. The fourth-order valence-electron chi connectivity index (χ4n) is 0.886. The Morgan fingerprint density at radius 2 is 2.13 bits per heavy atom. The van der Waals surface area contributed by atoms with E-state index in [1.54, 1.807) is 0 Å². The molecule has 1 aromatic rings. The molecule has 1 aromatic heterocycles. The second kappa shape index (κ2) is 4.39. The molecule has 0 aliphatic heterocycles. The summed E-state index contributed by atoms with van der Waals surface area (Å²) in [5.74, 6) is 0.699. The smallest absolute Gasteiger partial charge is 0.321 e. The van der Waals surface area contributed by atoms with Gasteiger partial charge in [-0.3, -0.25) is 18.9 Å². The van der Waals surface area contributed by atoms with Crippen LogP contribution in [0.15, 0.2) is 33.7 Å². The summed E-state index contributed by atoms with van der Waals surface area (Å²) < 4.78 is 11.5. The molecule has 0 aliphatic carbocycles. The third-order valence-electron chi connectivity index (χ3n) is 1.50. The maximum absolute atomic E-state index is 11.1. The van der Waals surface area contributed by atoms with Crippen LogP contribution in [0.3, 0.4) is 0 Å². The fraction of sp³-hybridized carbons (Fsp3) is 0.143. The summed E-state index contributed by atoms with van der Waals surface area (Å²) in [4.78, 5) is 40.7. The van der Waals surface area contributed by atoms with Gasteiger partial charge in [-0.25, -0.2) is 4.79 Å². The van der Waals surface area contributed by atoms with Crippen LogP contribution >= 0.6 is 7.60 Å². The highest BCUT2D eigenvalue weighted by molar-refractivity contribution is 7.55. The van der Waals surface area contributed by atoms with Gasteiger partial charge in [0.2, 0.25) is 0 Å². The van der Waals surface area contributed by atoms with Crippen molar-refractivity contribution in [2.24, 2.45) is 0 Å². The Labute approximate surface area is 83.9 Å². The van der Waals surface area contributed by atoms with Gasteiger partial charge >= 0.3 is 13.3 Å². The molecule has 15 heavy (non-hydrogen) atoms. The van der Waals surface area contributed by atoms with Crippen LogP contribution in [0, 0.1) is 0 Å². The van der Waals surface area contributed by atoms with Crippen molar-refractivity contribution in [2.45, 2.75) is 6.54 Å². The molecule has 0 saturated heterocycles. The van der Waals surface area contributed by atoms with Crippen molar-refractivity contribution in [1.29, 1.82) is 0 Å². The minimum absolute atomic E-state index is 0.0132. The average molecular weight is 232 g/mol. The van der Waals surface area contributed by atoms with E-state index in [1.165, 1.54) is 6.20 Å². The summed E-state index contributed by atoms with van der Waals surface area (Å²) >= 11 is 0. The van der Waals surface area contributed by atoms with Crippen LogP contribution in [0.4, 0.5) is 0 Å². The van der Waals surface area contributed by atoms with Crippen molar-refractivity contribution in [2.75, 3.05) is 0 Å². The Morgan fingerprint density at radius 1 is 1.47 bits per heavy atom. The first-order chi connectivity index (χ1) is 6.88. The molecule has 8 heteroatoms. The number of rotatable bonds is 3. The number of allylic oxidation sites excluding steroid dienone is 1. The van der Waals surface area contributed by atoms with Gasteiger partial charge in [-0.05, 0) is 0 Å². The Kier molecular flexibility index (Phi) is 3.41. The van der Waals surface area contributed by atoms with Crippen LogP contribution < -0.4 is 11.2 Å². The number of nitrogens with one attached hydrogen (secondary N) is 1. The molecule has 0 atom stereocenters. The fourth-order valence-corrected chi connectivity index (χ4v) is 1.25. The lowest BCUT2D eigenvalue weighted by Crippen LogP contribution is -2.28. The molecule has 0 radical (unpaired) electrons. The Balaban J connectivity index is 2.84. The molecule has 0 spiro atoms. The molecule has 1 rings (SSSR count). The molecular weight excluding hydrogens is 223 g/mol. The molecule has 0 saturated carbocycles. The maximum Gasteiger partial charge on any atom is 0.348 e.